The zero-order valence-corrected chi connectivity index (χ0v) is 15.0. The van der Waals surface area contributed by atoms with E-state index in [1.165, 1.54) is 17.6 Å². The summed E-state index contributed by atoms with van der Waals surface area (Å²) in [5.41, 5.74) is 3.43. The Morgan fingerprint density at radius 1 is 0.920 bits per heavy atom. The fraction of sp³-hybridized carbons (Fsp3) is 0.316. The summed E-state index contributed by atoms with van der Waals surface area (Å²) in [4.78, 5) is 4.72. The third-order valence-electron chi connectivity index (χ3n) is 4.96. The number of hydrogen-bond donors (Lipinski definition) is 0. The minimum atomic E-state index is -0.187. The highest BCUT2D eigenvalue weighted by molar-refractivity contribution is 7.71. The van der Waals surface area contributed by atoms with Crippen molar-refractivity contribution in [2.24, 2.45) is 7.05 Å². The molecule has 1 aliphatic rings. The first-order chi connectivity index (χ1) is 12.1. The molecule has 0 atom stereocenters. The van der Waals surface area contributed by atoms with Crippen LogP contribution >= 0.6 is 12.2 Å². The Morgan fingerprint density at radius 3 is 2.24 bits per heavy atom. The van der Waals surface area contributed by atoms with Gasteiger partial charge in [-0.2, -0.15) is 0 Å². The third-order valence-corrected chi connectivity index (χ3v) is 5.45. The maximum Gasteiger partial charge on any atom is 0.181 e. The molecule has 2 aromatic carbocycles. The summed E-state index contributed by atoms with van der Waals surface area (Å²) in [5.74, 6) is -0.187. The topological polar surface area (TPSA) is 16.3 Å². The highest BCUT2D eigenvalue weighted by atomic mass is 32.1. The van der Waals surface area contributed by atoms with Crippen LogP contribution in [0.4, 0.5) is 10.1 Å². The fourth-order valence-electron chi connectivity index (χ4n) is 3.50. The molecule has 0 spiro atoms. The van der Waals surface area contributed by atoms with Gasteiger partial charge in [-0.15, -0.1) is 0 Å². The van der Waals surface area contributed by atoms with Crippen molar-refractivity contribution < 1.29 is 4.39 Å². The minimum absolute atomic E-state index is 0.187. The molecule has 0 bridgehead atoms. The number of benzene rings is 2. The lowest BCUT2D eigenvalue weighted by atomic mass is 10.2. The van der Waals surface area contributed by atoms with Crippen LogP contribution in [0.25, 0.3) is 11.0 Å². The van der Waals surface area contributed by atoms with Crippen LogP contribution in [-0.2, 0) is 13.7 Å². The average molecular weight is 356 g/mol. The molecule has 1 saturated heterocycles. The van der Waals surface area contributed by atoms with Gasteiger partial charge < -0.3 is 14.0 Å². The minimum Gasteiger partial charge on any atom is -0.369 e. The van der Waals surface area contributed by atoms with Gasteiger partial charge in [-0.05, 0) is 48.6 Å². The molecule has 0 radical (unpaired) electrons. The molecule has 0 N–H and O–H groups in total. The monoisotopic (exact) mass is 356 g/mol. The van der Waals surface area contributed by atoms with Crippen LogP contribution in [0.1, 0.15) is 0 Å². The normalized spacial score (nSPS) is 15.8. The lowest BCUT2D eigenvalue weighted by molar-refractivity contribution is 0.207. The first-order valence-electron chi connectivity index (χ1n) is 8.50. The molecule has 0 aliphatic carbocycles. The molecule has 1 aromatic heterocycles. The van der Waals surface area contributed by atoms with E-state index in [1.54, 1.807) is 0 Å². The highest BCUT2D eigenvalue weighted by Crippen LogP contribution is 2.20. The molecule has 3 aromatic rings. The molecular formula is C19H21FN4S. The van der Waals surface area contributed by atoms with E-state index in [4.69, 9.17) is 12.2 Å². The number of piperazine rings is 1. The van der Waals surface area contributed by atoms with Crippen molar-refractivity contribution in [3.8, 4) is 0 Å². The SMILES string of the molecule is Cn1c(=S)n(CN2CCN(c3ccc(F)cc3)CC2)c2ccccc21. The van der Waals surface area contributed by atoms with Gasteiger partial charge in [-0.3, -0.25) is 4.90 Å². The number of halogens is 1. The van der Waals surface area contributed by atoms with Crippen LogP contribution in [0, 0.1) is 10.6 Å². The smallest absolute Gasteiger partial charge is 0.181 e. The number of fused-ring (bicyclic) bond motifs is 1. The standard InChI is InChI=1S/C19H21FN4S/c1-21-17-4-2-3-5-18(17)24(19(21)25)14-22-10-12-23(13-11-22)16-8-6-15(20)7-9-16/h2-9H,10-14H2,1H3. The molecule has 25 heavy (non-hydrogen) atoms. The van der Waals surface area contributed by atoms with Crippen LogP contribution < -0.4 is 4.90 Å². The van der Waals surface area contributed by atoms with E-state index in [2.05, 4.69) is 37.1 Å². The number of imidazole rings is 1. The summed E-state index contributed by atoms with van der Waals surface area (Å²) in [5, 5.41) is 0. The first kappa shape index (κ1) is 16.3. The molecule has 6 heteroatoms. The second-order valence-electron chi connectivity index (χ2n) is 6.48. The predicted molar refractivity (Wildman–Crippen MR) is 102 cm³/mol. The number of rotatable bonds is 3. The zero-order valence-electron chi connectivity index (χ0n) is 14.2. The van der Waals surface area contributed by atoms with Gasteiger partial charge >= 0.3 is 0 Å². The van der Waals surface area contributed by atoms with Gasteiger partial charge in [0, 0.05) is 38.9 Å². The Kier molecular flexibility index (Phi) is 4.31. The maximum absolute atomic E-state index is 13.1. The third kappa shape index (κ3) is 3.07. The number of aryl methyl sites for hydroxylation is 1. The lowest BCUT2D eigenvalue weighted by Crippen LogP contribution is -2.46. The van der Waals surface area contributed by atoms with Crippen LogP contribution in [-0.4, -0.2) is 40.2 Å². The quantitative estimate of drug-likeness (QED) is 0.667. The molecule has 1 fully saturated rings. The van der Waals surface area contributed by atoms with Gasteiger partial charge in [0.2, 0.25) is 0 Å². The Morgan fingerprint density at radius 2 is 1.56 bits per heavy atom. The van der Waals surface area contributed by atoms with Crippen molar-refractivity contribution in [3.63, 3.8) is 0 Å². The van der Waals surface area contributed by atoms with E-state index >= 15 is 0 Å². The average Bonchev–Trinajstić information content (AvgIpc) is 2.88. The van der Waals surface area contributed by atoms with Gasteiger partial charge in [0.15, 0.2) is 4.77 Å². The van der Waals surface area contributed by atoms with Gasteiger partial charge in [-0.25, -0.2) is 4.39 Å². The molecular weight excluding hydrogens is 335 g/mol. The van der Waals surface area contributed by atoms with E-state index in [1.807, 2.05) is 25.2 Å². The zero-order chi connectivity index (χ0) is 17.4. The molecule has 130 valence electrons. The molecule has 0 amide bonds. The van der Waals surface area contributed by atoms with Gasteiger partial charge in [0.05, 0.1) is 17.7 Å². The number of hydrogen-bond acceptors (Lipinski definition) is 3. The Balaban J connectivity index is 1.48. The summed E-state index contributed by atoms with van der Waals surface area (Å²) in [6.45, 7) is 4.59. The van der Waals surface area contributed by atoms with Crippen molar-refractivity contribution in [2.45, 2.75) is 6.67 Å². The summed E-state index contributed by atoms with van der Waals surface area (Å²) in [6, 6.07) is 15.1. The highest BCUT2D eigenvalue weighted by Gasteiger charge is 2.19. The van der Waals surface area contributed by atoms with E-state index in [0.29, 0.717) is 0 Å². The van der Waals surface area contributed by atoms with Gasteiger partial charge in [-0.1, -0.05) is 12.1 Å². The van der Waals surface area contributed by atoms with Gasteiger partial charge in [0.25, 0.3) is 0 Å². The van der Waals surface area contributed by atoms with Crippen LogP contribution in [0.5, 0.6) is 0 Å². The van der Waals surface area contributed by atoms with Crippen molar-refractivity contribution in [2.75, 3.05) is 31.1 Å². The van der Waals surface area contributed by atoms with E-state index < -0.39 is 0 Å². The molecule has 2 heterocycles. The molecule has 1 aliphatic heterocycles. The predicted octanol–water partition coefficient (Wildman–Crippen LogP) is 3.63. The second kappa shape index (κ2) is 6.61. The molecule has 4 rings (SSSR count). The molecule has 4 nitrogen and oxygen atoms in total. The second-order valence-corrected chi connectivity index (χ2v) is 6.85. The van der Waals surface area contributed by atoms with Crippen molar-refractivity contribution >= 4 is 28.9 Å². The number of anilines is 1. The molecule has 0 unspecified atom stereocenters. The van der Waals surface area contributed by atoms with Gasteiger partial charge in [0.1, 0.15) is 5.82 Å². The van der Waals surface area contributed by atoms with E-state index in [9.17, 15) is 4.39 Å². The fourth-order valence-corrected chi connectivity index (χ4v) is 3.75. The first-order valence-corrected chi connectivity index (χ1v) is 8.91. The van der Waals surface area contributed by atoms with Crippen molar-refractivity contribution in [1.82, 2.24) is 14.0 Å². The molecule has 0 saturated carbocycles. The Hall–Kier alpha value is -2.18. The summed E-state index contributed by atoms with van der Waals surface area (Å²) in [7, 11) is 2.02. The summed E-state index contributed by atoms with van der Waals surface area (Å²) < 4.78 is 18.2. The maximum atomic E-state index is 13.1. The van der Waals surface area contributed by atoms with E-state index in [0.717, 1.165) is 48.8 Å². The lowest BCUT2D eigenvalue weighted by Gasteiger charge is -2.36. The van der Waals surface area contributed by atoms with Crippen LogP contribution in [0.2, 0.25) is 0 Å². The van der Waals surface area contributed by atoms with Crippen molar-refractivity contribution in [3.05, 3.63) is 59.1 Å². The Labute approximate surface area is 151 Å². The summed E-state index contributed by atoms with van der Waals surface area (Å²) in [6.07, 6.45) is 0. The Bertz CT molecular complexity index is 936. The number of para-hydroxylation sites is 2. The van der Waals surface area contributed by atoms with Crippen molar-refractivity contribution in [1.29, 1.82) is 0 Å². The van der Waals surface area contributed by atoms with E-state index in [-0.39, 0.29) is 5.82 Å². The number of nitrogens with zero attached hydrogens (tertiary/aromatic N) is 4. The van der Waals surface area contributed by atoms with Crippen LogP contribution in [0.15, 0.2) is 48.5 Å². The largest absolute Gasteiger partial charge is 0.369 e. The summed E-state index contributed by atoms with van der Waals surface area (Å²) >= 11 is 5.63. The number of aromatic nitrogens is 2. The van der Waals surface area contributed by atoms with Crippen LogP contribution in [0.3, 0.4) is 0 Å².